The van der Waals surface area contributed by atoms with Gasteiger partial charge in [0.15, 0.2) is 0 Å². The molecule has 16 heavy (non-hydrogen) atoms. The van der Waals surface area contributed by atoms with Crippen LogP contribution in [0.2, 0.25) is 0 Å². The van der Waals surface area contributed by atoms with Gasteiger partial charge in [0.05, 0.1) is 25.1 Å². The number of hydrogen-bond donors (Lipinski definition) is 1. The van der Waals surface area contributed by atoms with Gasteiger partial charge in [-0.25, -0.2) is 4.39 Å². The first-order valence-corrected chi connectivity index (χ1v) is 5.40. The van der Waals surface area contributed by atoms with E-state index in [1.165, 1.54) is 6.20 Å². The van der Waals surface area contributed by atoms with E-state index in [0.29, 0.717) is 5.56 Å². The zero-order chi connectivity index (χ0) is 11.4. The van der Waals surface area contributed by atoms with Gasteiger partial charge in [0.2, 0.25) is 0 Å². The summed E-state index contributed by atoms with van der Waals surface area (Å²) in [5.41, 5.74) is 1.70. The van der Waals surface area contributed by atoms with E-state index in [0.717, 1.165) is 25.0 Å². The molecule has 1 aromatic rings. The molecule has 1 atom stereocenters. The summed E-state index contributed by atoms with van der Waals surface area (Å²) >= 11 is 0. The fourth-order valence-corrected chi connectivity index (χ4v) is 1.96. The van der Waals surface area contributed by atoms with E-state index in [1.807, 2.05) is 7.05 Å². The second-order valence-corrected chi connectivity index (χ2v) is 3.79. The van der Waals surface area contributed by atoms with Crippen LogP contribution in [0, 0.1) is 5.82 Å². The number of ether oxygens (including phenoxy) is 1. The van der Waals surface area contributed by atoms with Crippen molar-refractivity contribution in [3.63, 3.8) is 0 Å². The van der Waals surface area contributed by atoms with Crippen LogP contribution in [0.3, 0.4) is 0 Å². The topological polar surface area (TPSA) is 34.1 Å². The maximum Gasteiger partial charge on any atom is 0.146 e. The highest BCUT2D eigenvalue weighted by molar-refractivity contribution is 5.27. The van der Waals surface area contributed by atoms with E-state index in [4.69, 9.17) is 4.74 Å². The van der Waals surface area contributed by atoms with Crippen molar-refractivity contribution < 1.29 is 9.13 Å². The molecule has 1 aliphatic heterocycles. The van der Waals surface area contributed by atoms with Gasteiger partial charge in [-0.1, -0.05) is 0 Å². The lowest BCUT2D eigenvalue weighted by Crippen LogP contribution is -2.22. The van der Waals surface area contributed by atoms with Crippen LogP contribution in [-0.2, 0) is 4.74 Å². The van der Waals surface area contributed by atoms with Crippen LogP contribution < -0.4 is 5.32 Å². The van der Waals surface area contributed by atoms with Crippen molar-refractivity contribution in [3.8, 4) is 0 Å². The van der Waals surface area contributed by atoms with E-state index in [1.54, 1.807) is 18.5 Å². The molecule has 0 amide bonds. The van der Waals surface area contributed by atoms with Crippen molar-refractivity contribution in [1.82, 2.24) is 10.3 Å². The predicted molar refractivity (Wildman–Crippen MR) is 59.3 cm³/mol. The van der Waals surface area contributed by atoms with Gasteiger partial charge in [-0.3, -0.25) is 4.98 Å². The highest BCUT2D eigenvalue weighted by Gasteiger charge is 2.20. The highest BCUT2D eigenvalue weighted by Crippen LogP contribution is 2.28. The molecule has 1 unspecified atom stereocenters. The van der Waals surface area contributed by atoms with Crippen LogP contribution in [0.25, 0.3) is 0 Å². The summed E-state index contributed by atoms with van der Waals surface area (Å²) in [5, 5.41) is 3.11. The molecule has 2 rings (SSSR count). The zero-order valence-corrected chi connectivity index (χ0v) is 9.24. The number of hydrogen-bond acceptors (Lipinski definition) is 3. The quantitative estimate of drug-likeness (QED) is 0.851. The maximum absolute atomic E-state index is 13.6. The van der Waals surface area contributed by atoms with Gasteiger partial charge in [-0.15, -0.1) is 0 Å². The van der Waals surface area contributed by atoms with E-state index in [9.17, 15) is 4.39 Å². The van der Waals surface area contributed by atoms with Crippen molar-refractivity contribution in [2.45, 2.75) is 18.9 Å². The molecule has 0 radical (unpaired) electrons. The van der Waals surface area contributed by atoms with Crippen molar-refractivity contribution in [1.29, 1.82) is 0 Å². The maximum atomic E-state index is 13.6. The molecule has 0 aliphatic carbocycles. The van der Waals surface area contributed by atoms with Crippen LogP contribution in [0.1, 0.15) is 24.4 Å². The van der Waals surface area contributed by atoms with Crippen LogP contribution in [0.4, 0.5) is 4.39 Å². The Kier molecular flexibility index (Phi) is 3.51. The number of likely N-dealkylation sites (N-methyl/N-ethyl adjacent to an activating group) is 1. The molecule has 86 valence electrons. The molecule has 0 bridgehead atoms. The molecule has 0 saturated heterocycles. The zero-order valence-electron chi connectivity index (χ0n) is 9.24. The minimum Gasteiger partial charge on any atom is -0.501 e. The largest absolute Gasteiger partial charge is 0.501 e. The van der Waals surface area contributed by atoms with Crippen molar-refractivity contribution in [3.05, 3.63) is 41.7 Å². The minimum atomic E-state index is -0.284. The fourth-order valence-electron chi connectivity index (χ4n) is 1.96. The molecule has 1 N–H and O–H groups in total. The minimum absolute atomic E-state index is 0.122. The summed E-state index contributed by atoms with van der Waals surface area (Å²) in [6.07, 6.45) is 6.51. The number of nitrogens with one attached hydrogen (secondary N) is 1. The second kappa shape index (κ2) is 5.07. The molecule has 1 aromatic heterocycles. The Morgan fingerprint density at radius 1 is 1.56 bits per heavy atom. The molecule has 3 nitrogen and oxygen atoms in total. The Bertz CT molecular complexity index is 392. The van der Waals surface area contributed by atoms with Crippen molar-refractivity contribution >= 4 is 0 Å². The molecular formula is C12H15FN2O. The first-order chi connectivity index (χ1) is 7.83. The van der Waals surface area contributed by atoms with Gasteiger partial charge in [-0.2, -0.15) is 0 Å². The second-order valence-electron chi connectivity index (χ2n) is 3.79. The third kappa shape index (κ3) is 2.22. The first kappa shape index (κ1) is 11.1. The average Bonchev–Trinajstić information content (AvgIpc) is 2.34. The summed E-state index contributed by atoms with van der Waals surface area (Å²) in [5.74, 6) is -0.284. The van der Waals surface area contributed by atoms with Crippen LogP contribution >= 0.6 is 0 Å². The SMILES string of the molecule is CNC(C1=COCCC1)c1ccncc1F. The first-order valence-electron chi connectivity index (χ1n) is 5.40. The van der Waals surface area contributed by atoms with Gasteiger partial charge in [0, 0.05) is 11.8 Å². The Morgan fingerprint density at radius 2 is 2.44 bits per heavy atom. The number of pyridine rings is 1. The molecule has 0 spiro atoms. The van der Waals surface area contributed by atoms with Crippen LogP contribution in [0.15, 0.2) is 30.3 Å². The summed E-state index contributed by atoms with van der Waals surface area (Å²) in [6, 6.07) is 1.58. The van der Waals surface area contributed by atoms with Gasteiger partial charge >= 0.3 is 0 Å². The highest BCUT2D eigenvalue weighted by atomic mass is 19.1. The number of rotatable bonds is 3. The van der Waals surface area contributed by atoms with Crippen molar-refractivity contribution in [2.24, 2.45) is 0 Å². The summed E-state index contributed by atoms with van der Waals surface area (Å²) in [7, 11) is 1.82. The van der Waals surface area contributed by atoms with E-state index in [2.05, 4.69) is 10.3 Å². The van der Waals surface area contributed by atoms with E-state index >= 15 is 0 Å². The molecule has 0 aromatic carbocycles. The van der Waals surface area contributed by atoms with E-state index in [-0.39, 0.29) is 11.9 Å². The molecule has 2 heterocycles. The molecule has 0 fully saturated rings. The van der Waals surface area contributed by atoms with Gasteiger partial charge in [0.25, 0.3) is 0 Å². The van der Waals surface area contributed by atoms with Crippen LogP contribution in [0.5, 0.6) is 0 Å². The molecule has 1 aliphatic rings. The van der Waals surface area contributed by atoms with Gasteiger partial charge in [-0.05, 0) is 31.5 Å². The lowest BCUT2D eigenvalue weighted by atomic mass is 9.96. The molecular weight excluding hydrogens is 207 g/mol. The van der Waals surface area contributed by atoms with Gasteiger partial charge < -0.3 is 10.1 Å². The third-order valence-electron chi connectivity index (χ3n) is 2.74. The normalized spacial score (nSPS) is 17.5. The standard InChI is InChI=1S/C12H15FN2O/c1-14-12(9-3-2-6-16-8-9)10-4-5-15-7-11(10)13/h4-5,7-8,12,14H,2-3,6H2,1H3. The summed E-state index contributed by atoms with van der Waals surface area (Å²) in [4.78, 5) is 3.75. The Hall–Kier alpha value is -1.42. The number of nitrogens with zero attached hydrogens (tertiary/aromatic N) is 1. The third-order valence-corrected chi connectivity index (χ3v) is 2.74. The molecule has 4 heteroatoms. The predicted octanol–water partition coefficient (Wildman–Crippen LogP) is 2.18. The van der Waals surface area contributed by atoms with Crippen LogP contribution in [-0.4, -0.2) is 18.6 Å². The fraction of sp³-hybridized carbons (Fsp3) is 0.417. The lowest BCUT2D eigenvalue weighted by Gasteiger charge is -2.23. The number of aromatic nitrogens is 1. The number of halogens is 1. The molecule has 0 saturated carbocycles. The smallest absolute Gasteiger partial charge is 0.146 e. The Labute approximate surface area is 94.3 Å². The lowest BCUT2D eigenvalue weighted by molar-refractivity contribution is 0.219. The monoisotopic (exact) mass is 222 g/mol. The van der Waals surface area contributed by atoms with Crippen molar-refractivity contribution in [2.75, 3.05) is 13.7 Å². The summed E-state index contributed by atoms with van der Waals surface area (Å²) < 4.78 is 18.9. The Morgan fingerprint density at radius 3 is 3.06 bits per heavy atom. The van der Waals surface area contributed by atoms with E-state index < -0.39 is 0 Å². The summed E-state index contributed by atoms with van der Waals surface area (Å²) in [6.45, 7) is 0.749. The average molecular weight is 222 g/mol. The van der Waals surface area contributed by atoms with Gasteiger partial charge in [0.1, 0.15) is 5.82 Å². The Balaban J connectivity index is 2.28.